The molecule has 0 bridgehead atoms. The van der Waals surface area contributed by atoms with Gasteiger partial charge in [0.2, 0.25) is 10.0 Å². The molecule has 0 amide bonds. The second-order valence-corrected chi connectivity index (χ2v) is 6.95. The number of carboxylic acid groups (broad SMARTS) is 1. The highest BCUT2D eigenvalue weighted by molar-refractivity contribution is 9.10. The van der Waals surface area contributed by atoms with Gasteiger partial charge in [-0.2, -0.15) is 0 Å². The summed E-state index contributed by atoms with van der Waals surface area (Å²) in [6, 6.07) is 4.00. The molecule has 1 aromatic carbocycles. The molecule has 0 radical (unpaired) electrons. The van der Waals surface area contributed by atoms with Crippen molar-refractivity contribution in [1.82, 2.24) is 4.72 Å². The second-order valence-electron chi connectivity index (χ2n) is 4.35. The molecule has 0 saturated heterocycles. The normalized spacial score (nSPS) is 12.9. The monoisotopic (exact) mass is 379 g/mol. The second kappa shape index (κ2) is 7.77. The van der Waals surface area contributed by atoms with Crippen molar-refractivity contribution in [2.45, 2.75) is 37.6 Å². The van der Waals surface area contributed by atoms with Gasteiger partial charge in [-0.1, -0.05) is 22.9 Å². The van der Waals surface area contributed by atoms with Gasteiger partial charge in [0.1, 0.15) is 10.6 Å². The van der Waals surface area contributed by atoms with E-state index in [1.807, 2.05) is 0 Å². The minimum atomic E-state index is -3.86. The van der Waals surface area contributed by atoms with Crippen molar-refractivity contribution < 1.29 is 23.1 Å². The fourth-order valence-corrected chi connectivity index (χ4v) is 3.73. The van der Waals surface area contributed by atoms with Gasteiger partial charge in [-0.25, -0.2) is 13.1 Å². The van der Waals surface area contributed by atoms with E-state index in [-0.39, 0.29) is 17.1 Å². The van der Waals surface area contributed by atoms with Crippen molar-refractivity contribution >= 4 is 31.9 Å². The topological polar surface area (TPSA) is 92.7 Å². The van der Waals surface area contributed by atoms with Crippen LogP contribution in [0.5, 0.6) is 5.75 Å². The average molecular weight is 380 g/mol. The Balaban J connectivity index is 3.11. The summed E-state index contributed by atoms with van der Waals surface area (Å²) in [5, 5.41) is 8.80. The van der Waals surface area contributed by atoms with E-state index < -0.39 is 22.0 Å². The number of carboxylic acids is 1. The van der Waals surface area contributed by atoms with E-state index in [4.69, 9.17) is 9.84 Å². The van der Waals surface area contributed by atoms with E-state index >= 15 is 0 Å². The SMILES string of the molecule is CCOc1ccc(Br)cc1S(=O)(=O)NC(CC)CC(=O)O. The zero-order valence-electron chi connectivity index (χ0n) is 11.8. The van der Waals surface area contributed by atoms with Crippen molar-refractivity contribution in [3.8, 4) is 5.75 Å². The average Bonchev–Trinajstić information content (AvgIpc) is 2.39. The zero-order valence-corrected chi connectivity index (χ0v) is 14.2. The molecule has 1 aromatic rings. The van der Waals surface area contributed by atoms with Crippen molar-refractivity contribution in [2.75, 3.05) is 6.61 Å². The summed E-state index contributed by atoms with van der Waals surface area (Å²) in [6.45, 7) is 3.81. The Hall–Kier alpha value is -1.12. The summed E-state index contributed by atoms with van der Waals surface area (Å²) in [4.78, 5) is 10.7. The number of halogens is 1. The van der Waals surface area contributed by atoms with Crippen molar-refractivity contribution in [1.29, 1.82) is 0 Å². The van der Waals surface area contributed by atoms with Gasteiger partial charge >= 0.3 is 5.97 Å². The molecule has 0 aromatic heterocycles. The fraction of sp³-hybridized carbons (Fsp3) is 0.462. The lowest BCUT2D eigenvalue weighted by molar-refractivity contribution is -0.137. The van der Waals surface area contributed by atoms with Gasteiger partial charge < -0.3 is 9.84 Å². The molecule has 0 fully saturated rings. The molecule has 0 heterocycles. The van der Waals surface area contributed by atoms with Gasteiger partial charge in [-0.15, -0.1) is 0 Å². The minimum Gasteiger partial charge on any atom is -0.492 e. The standard InChI is InChI=1S/C13H18BrNO5S/c1-3-10(8-13(16)17)15-21(18,19)12-7-9(14)5-6-11(12)20-4-2/h5-7,10,15H,3-4,8H2,1-2H3,(H,16,17). The zero-order chi connectivity index (χ0) is 16.0. The molecule has 21 heavy (non-hydrogen) atoms. The highest BCUT2D eigenvalue weighted by Crippen LogP contribution is 2.28. The van der Waals surface area contributed by atoms with E-state index in [1.165, 1.54) is 6.07 Å². The third-order valence-corrected chi connectivity index (χ3v) is 4.77. The summed E-state index contributed by atoms with van der Waals surface area (Å²) >= 11 is 3.22. The fourth-order valence-electron chi connectivity index (χ4n) is 1.73. The van der Waals surface area contributed by atoms with Crippen LogP contribution in [-0.4, -0.2) is 32.1 Å². The Morgan fingerprint density at radius 2 is 2.10 bits per heavy atom. The quantitative estimate of drug-likeness (QED) is 0.723. The Bertz CT molecular complexity index is 603. The van der Waals surface area contributed by atoms with Crippen molar-refractivity contribution in [3.63, 3.8) is 0 Å². The van der Waals surface area contributed by atoms with Crippen LogP contribution in [0, 0.1) is 0 Å². The van der Waals surface area contributed by atoms with Crippen LogP contribution >= 0.6 is 15.9 Å². The Morgan fingerprint density at radius 1 is 1.43 bits per heavy atom. The molecule has 0 aliphatic carbocycles. The lowest BCUT2D eigenvalue weighted by Crippen LogP contribution is -2.36. The summed E-state index contributed by atoms with van der Waals surface area (Å²) in [5.74, 6) is -0.817. The third-order valence-electron chi connectivity index (χ3n) is 2.73. The lowest BCUT2D eigenvalue weighted by atomic mass is 10.2. The maximum atomic E-state index is 12.4. The first-order chi connectivity index (χ1) is 9.80. The van der Waals surface area contributed by atoms with E-state index in [1.54, 1.807) is 26.0 Å². The van der Waals surface area contributed by atoms with Crippen LogP contribution in [0.25, 0.3) is 0 Å². The summed E-state index contributed by atoms with van der Waals surface area (Å²) in [7, 11) is -3.86. The molecule has 6 nitrogen and oxygen atoms in total. The van der Waals surface area contributed by atoms with Gasteiger partial charge in [0.15, 0.2) is 0 Å². The van der Waals surface area contributed by atoms with Gasteiger partial charge in [0, 0.05) is 10.5 Å². The molecule has 0 aliphatic heterocycles. The highest BCUT2D eigenvalue weighted by Gasteiger charge is 2.24. The molecule has 1 atom stereocenters. The molecular formula is C13H18BrNO5S. The molecule has 0 spiro atoms. The summed E-state index contributed by atoms with van der Waals surface area (Å²) in [6.07, 6.45) is 0.108. The predicted octanol–water partition coefficient (Wildman–Crippen LogP) is 2.38. The van der Waals surface area contributed by atoms with Crippen LogP contribution in [-0.2, 0) is 14.8 Å². The Kier molecular flexibility index (Phi) is 6.63. The molecule has 1 unspecified atom stereocenters. The Morgan fingerprint density at radius 3 is 2.62 bits per heavy atom. The van der Waals surface area contributed by atoms with E-state index in [2.05, 4.69) is 20.7 Å². The van der Waals surface area contributed by atoms with E-state index in [0.29, 0.717) is 17.5 Å². The van der Waals surface area contributed by atoms with Crippen LogP contribution in [0.15, 0.2) is 27.6 Å². The Labute approximate surface area is 132 Å². The molecule has 2 N–H and O–H groups in total. The molecule has 1 rings (SSSR count). The molecule has 0 saturated carbocycles. The smallest absolute Gasteiger partial charge is 0.304 e. The number of hydrogen-bond donors (Lipinski definition) is 2. The number of sulfonamides is 1. The van der Waals surface area contributed by atoms with E-state index in [9.17, 15) is 13.2 Å². The van der Waals surface area contributed by atoms with Gasteiger partial charge in [0.25, 0.3) is 0 Å². The van der Waals surface area contributed by atoms with Gasteiger partial charge in [-0.05, 0) is 31.5 Å². The van der Waals surface area contributed by atoms with Crippen LogP contribution < -0.4 is 9.46 Å². The number of rotatable bonds is 8. The highest BCUT2D eigenvalue weighted by atomic mass is 79.9. The van der Waals surface area contributed by atoms with Gasteiger partial charge in [0.05, 0.1) is 13.0 Å². The first-order valence-corrected chi connectivity index (χ1v) is 8.74. The summed E-state index contributed by atoms with van der Waals surface area (Å²) in [5.41, 5.74) is 0. The molecule has 0 aliphatic rings. The number of ether oxygens (including phenoxy) is 1. The molecular weight excluding hydrogens is 362 g/mol. The number of benzene rings is 1. The van der Waals surface area contributed by atoms with Crippen LogP contribution in [0.1, 0.15) is 26.7 Å². The van der Waals surface area contributed by atoms with Crippen LogP contribution in [0.3, 0.4) is 0 Å². The first kappa shape index (κ1) is 17.9. The molecule has 8 heteroatoms. The third kappa shape index (κ3) is 5.29. The van der Waals surface area contributed by atoms with Crippen molar-refractivity contribution in [3.05, 3.63) is 22.7 Å². The number of hydrogen-bond acceptors (Lipinski definition) is 4. The first-order valence-electron chi connectivity index (χ1n) is 6.46. The maximum absolute atomic E-state index is 12.4. The number of carbonyl (C=O) groups is 1. The minimum absolute atomic E-state index is 0.0115. The predicted molar refractivity (Wildman–Crippen MR) is 82.0 cm³/mol. The summed E-state index contributed by atoms with van der Waals surface area (Å²) < 4.78 is 33.2. The maximum Gasteiger partial charge on any atom is 0.304 e. The number of nitrogens with one attached hydrogen (secondary N) is 1. The van der Waals surface area contributed by atoms with Gasteiger partial charge in [-0.3, -0.25) is 4.79 Å². The molecule has 118 valence electrons. The van der Waals surface area contributed by atoms with Crippen LogP contribution in [0.4, 0.5) is 0 Å². The number of aliphatic carboxylic acids is 1. The lowest BCUT2D eigenvalue weighted by Gasteiger charge is -2.17. The van der Waals surface area contributed by atoms with Crippen molar-refractivity contribution in [2.24, 2.45) is 0 Å². The largest absolute Gasteiger partial charge is 0.492 e. The van der Waals surface area contributed by atoms with E-state index in [0.717, 1.165) is 0 Å². The van der Waals surface area contributed by atoms with Crippen LogP contribution in [0.2, 0.25) is 0 Å².